The van der Waals surface area contributed by atoms with E-state index in [0.29, 0.717) is 18.2 Å². The molecule has 1 N–H and O–H groups in total. The third kappa shape index (κ3) is 5.77. The number of nitrogens with zero attached hydrogens (tertiary/aromatic N) is 2. The largest absolute Gasteiger partial charge is 0.416 e. The van der Waals surface area contributed by atoms with Crippen LogP contribution in [0.1, 0.15) is 62.5 Å². The van der Waals surface area contributed by atoms with E-state index >= 15 is 0 Å². The second-order valence-electron chi connectivity index (χ2n) is 11.0. The highest BCUT2D eigenvalue weighted by molar-refractivity contribution is 5.78. The Morgan fingerprint density at radius 2 is 1.89 bits per heavy atom. The van der Waals surface area contributed by atoms with E-state index in [1.807, 2.05) is 0 Å². The van der Waals surface area contributed by atoms with E-state index in [1.165, 1.54) is 70.3 Å². The molecule has 3 saturated heterocycles. The SMILES string of the molecule is O=C(Cc1ccc(C(F)(F)F)cc1)NCCCCN1CCCC2=C[C@H]3C[C@H](CN4CCCC[C@H]34)[C@@H]21. The van der Waals surface area contributed by atoms with E-state index in [0.717, 1.165) is 49.4 Å². The van der Waals surface area contributed by atoms with Gasteiger partial charge in [0.05, 0.1) is 12.0 Å². The minimum absolute atomic E-state index is 0.112. The fourth-order valence-corrected chi connectivity index (χ4v) is 7.06. The zero-order valence-electron chi connectivity index (χ0n) is 20.5. The highest BCUT2D eigenvalue weighted by atomic mass is 19.4. The molecule has 3 aliphatic heterocycles. The number of fused-ring (bicyclic) bond motifs is 6. The van der Waals surface area contributed by atoms with Crippen LogP contribution in [-0.4, -0.2) is 60.5 Å². The van der Waals surface area contributed by atoms with Gasteiger partial charge in [-0.3, -0.25) is 14.6 Å². The van der Waals surface area contributed by atoms with Crippen LogP contribution in [0.3, 0.4) is 0 Å². The number of carbonyl (C=O) groups is 1. The standard InChI is InChI=1S/C28H38F3N3O/c29-28(30,31)24-10-8-20(9-11-24)16-26(35)32-12-2-4-13-33-15-5-6-21-17-22-18-23(27(21)33)19-34-14-3-1-7-25(22)34/h8-11,17,22-23,25,27H,1-7,12-16,18-19H2,(H,32,35)/t22-,23+,25+,27+/m0/s1. The van der Waals surface area contributed by atoms with E-state index < -0.39 is 11.7 Å². The summed E-state index contributed by atoms with van der Waals surface area (Å²) in [6, 6.07) is 6.24. The van der Waals surface area contributed by atoms with Gasteiger partial charge in [-0.1, -0.05) is 30.2 Å². The lowest BCUT2D eigenvalue weighted by Gasteiger charge is -2.55. The molecule has 0 saturated carbocycles. The topological polar surface area (TPSA) is 35.6 Å². The van der Waals surface area contributed by atoms with Crippen molar-refractivity contribution in [3.63, 3.8) is 0 Å². The van der Waals surface area contributed by atoms with Crippen molar-refractivity contribution in [3.05, 3.63) is 47.0 Å². The molecule has 3 fully saturated rings. The molecule has 35 heavy (non-hydrogen) atoms. The number of amides is 1. The molecule has 1 aliphatic carbocycles. The average molecular weight is 490 g/mol. The van der Waals surface area contributed by atoms with Crippen molar-refractivity contribution in [2.45, 2.75) is 76.0 Å². The summed E-state index contributed by atoms with van der Waals surface area (Å²) in [5.74, 6) is 1.39. The van der Waals surface area contributed by atoms with Crippen LogP contribution in [0.4, 0.5) is 13.2 Å². The molecule has 4 nitrogen and oxygen atoms in total. The number of hydrogen-bond donors (Lipinski definition) is 1. The highest BCUT2D eigenvalue weighted by Gasteiger charge is 2.45. The molecule has 1 aromatic rings. The first kappa shape index (κ1) is 24.8. The number of unbranched alkanes of at least 4 members (excludes halogenated alkanes) is 1. The van der Waals surface area contributed by atoms with Gasteiger partial charge in [-0.05, 0) is 94.1 Å². The summed E-state index contributed by atoms with van der Waals surface area (Å²) < 4.78 is 38.1. The van der Waals surface area contributed by atoms with Gasteiger partial charge in [0.25, 0.3) is 0 Å². The van der Waals surface area contributed by atoms with Crippen molar-refractivity contribution in [2.24, 2.45) is 11.8 Å². The molecule has 7 heteroatoms. The van der Waals surface area contributed by atoms with Crippen molar-refractivity contribution in [2.75, 3.05) is 32.7 Å². The maximum atomic E-state index is 12.7. The summed E-state index contributed by atoms with van der Waals surface area (Å²) in [5.41, 5.74) is 1.62. The number of nitrogens with one attached hydrogen (secondary N) is 1. The first-order chi connectivity index (χ1) is 16.9. The Morgan fingerprint density at radius 3 is 2.69 bits per heavy atom. The molecule has 192 valence electrons. The van der Waals surface area contributed by atoms with Gasteiger partial charge in [0.2, 0.25) is 5.91 Å². The van der Waals surface area contributed by atoms with Crippen molar-refractivity contribution >= 4 is 5.91 Å². The number of halogens is 3. The summed E-state index contributed by atoms with van der Waals surface area (Å²) >= 11 is 0. The smallest absolute Gasteiger partial charge is 0.356 e. The zero-order chi connectivity index (χ0) is 24.4. The molecule has 1 amide bonds. The minimum Gasteiger partial charge on any atom is -0.356 e. The van der Waals surface area contributed by atoms with Gasteiger partial charge in [0, 0.05) is 25.2 Å². The molecule has 4 atom stereocenters. The second kappa shape index (κ2) is 10.6. The maximum Gasteiger partial charge on any atom is 0.416 e. The Kier molecular flexibility index (Phi) is 7.54. The van der Waals surface area contributed by atoms with Crippen molar-refractivity contribution in [1.29, 1.82) is 0 Å². The van der Waals surface area contributed by atoms with E-state index in [-0.39, 0.29) is 12.3 Å². The van der Waals surface area contributed by atoms with Crippen LogP contribution >= 0.6 is 0 Å². The van der Waals surface area contributed by atoms with Gasteiger partial charge in [-0.25, -0.2) is 0 Å². The van der Waals surface area contributed by atoms with Crippen molar-refractivity contribution in [1.82, 2.24) is 15.1 Å². The monoisotopic (exact) mass is 489 g/mol. The Balaban J connectivity index is 1.06. The number of likely N-dealkylation sites (tertiary alicyclic amines) is 1. The Labute approximate surface area is 206 Å². The normalized spacial score (nSPS) is 29.2. The number of carbonyl (C=O) groups excluding carboxylic acids is 1. The summed E-state index contributed by atoms with van der Waals surface area (Å²) in [6.07, 6.45) is 8.38. The molecule has 0 spiro atoms. The van der Waals surface area contributed by atoms with Crippen LogP contribution in [0.5, 0.6) is 0 Å². The van der Waals surface area contributed by atoms with E-state index in [9.17, 15) is 18.0 Å². The predicted octanol–water partition coefficient (Wildman–Crippen LogP) is 5.04. The molecule has 0 radical (unpaired) electrons. The van der Waals surface area contributed by atoms with Gasteiger partial charge < -0.3 is 5.32 Å². The van der Waals surface area contributed by atoms with Crippen LogP contribution < -0.4 is 5.32 Å². The van der Waals surface area contributed by atoms with E-state index in [1.54, 1.807) is 5.57 Å². The quantitative estimate of drug-likeness (QED) is 0.431. The van der Waals surface area contributed by atoms with Crippen LogP contribution in [-0.2, 0) is 17.4 Å². The second-order valence-corrected chi connectivity index (χ2v) is 11.0. The fraction of sp³-hybridized carbons (Fsp3) is 0.679. The van der Waals surface area contributed by atoms with Gasteiger partial charge >= 0.3 is 6.18 Å². The summed E-state index contributed by atoms with van der Waals surface area (Å²) in [5, 5.41) is 2.94. The molecule has 3 heterocycles. The van der Waals surface area contributed by atoms with Crippen molar-refractivity contribution in [3.8, 4) is 0 Å². The van der Waals surface area contributed by atoms with Crippen LogP contribution in [0.25, 0.3) is 0 Å². The Morgan fingerprint density at radius 1 is 1.06 bits per heavy atom. The molecule has 2 bridgehead atoms. The minimum atomic E-state index is -4.35. The average Bonchev–Trinajstić information content (AvgIpc) is 2.83. The first-order valence-corrected chi connectivity index (χ1v) is 13.5. The molecular weight excluding hydrogens is 451 g/mol. The summed E-state index contributed by atoms with van der Waals surface area (Å²) in [4.78, 5) is 17.7. The number of rotatable bonds is 7. The van der Waals surface area contributed by atoms with Gasteiger partial charge in [0.15, 0.2) is 0 Å². The van der Waals surface area contributed by atoms with Gasteiger partial charge in [0.1, 0.15) is 0 Å². The molecule has 0 unspecified atom stereocenters. The summed E-state index contributed by atoms with van der Waals surface area (Å²) in [7, 11) is 0. The number of benzene rings is 1. The molecular formula is C28H38F3N3O. The molecule has 4 aliphatic rings. The maximum absolute atomic E-state index is 12.7. The lowest BCUT2D eigenvalue weighted by atomic mass is 9.68. The fourth-order valence-electron chi connectivity index (χ4n) is 7.06. The zero-order valence-corrected chi connectivity index (χ0v) is 20.5. The third-order valence-electron chi connectivity index (χ3n) is 8.60. The highest BCUT2D eigenvalue weighted by Crippen LogP contribution is 2.45. The predicted molar refractivity (Wildman–Crippen MR) is 131 cm³/mol. The van der Waals surface area contributed by atoms with E-state index in [4.69, 9.17) is 0 Å². The lowest BCUT2D eigenvalue weighted by Crippen LogP contribution is -2.59. The van der Waals surface area contributed by atoms with Crippen LogP contribution in [0, 0.1) is 11.8 Å². The Bertz CT molecular complexity index is 913. The molecule has 5 rings (SSSR count). The van der Waals surface area contributed by atoms with Gasteiger partial charge in [-0.2, -0.15) is 13.2 Å². The number of hydrogen-bond acceptors (Lipinski definition) is 3. The molecule has 1 aromatic carbocycles. The number of alkyl halides is 3. The summed E-state index contributed by atoms with van der Waals surface area (Å²) in [6.45, 7) is 5.40. The lowest BCUT2D eigenvalue weighted by molar-refractivity contribution is -0.137. The van der Waals surface area contributed by atoms with Crippen molar-refractivity contribution < 1.29 is 18.0 Å². The van der Waals surface area contributed by atoms with E-state index in [2.05, 4.69) is 21.2 Å². The van der Waals surface area contributed by atoms with Crippen LogP contribution in [0.2, 0.25) is 0 Å². The first-order valence-electron chi connectivity index (χ1n) is 13.5. The number of piperidine rings is 3. The Hall–Kier alpha value is -1.86. The van der Waals surface area contributed by atoms with Gasteiger partial charge in [-0.15, -0.1) is 0 Å². The van der Waals surface area contributed by atoms with Crippen LogP contribution in [0.15, 0.2) is 35.9 Å². The molecule has 0 aromatic heterocycles. The third-order valence-corrected chi connectivity index (χ3v) is 8.60.